The molecule has 0 heterocycles. The lowest BCUT2D eigenvalue weighted by Crippen LogP contribution is -2.15. The quantitative estimate of drug-likeness (QED) is 0.863. The molecule has 1 atom stereocenters. The van der Waals surface area contributed by atoms with Crippen molar-refractivity contribution in [2.24, 2.45) is 5.73 Å². The minimum atomic E-state index is -0.929. The van der Waals surface area contributed by atoms with E-state index in [2.05, 4.69) is 0 Å². The van der Waals surface area contributed by atoms with Crippen LogP contribution < -0.4 is 10.5 Å². The molecule has 1 unspecified atom stereocenters. The van der Waals surface area contributed by atoms with Gasteiger partial charge in [0.15, 0.2) is 0 Å². The van der Waals surface area contributed by atoms with Crippen LogP contribution in [-0.2, 0) is 4.79 Å². The minimum absolute atomic E-state index is 0.130. The van der Waals surface area contributed by atoms with Gasteiger partial charge in [-0.05, 0) is 18.2 Å². The second kappa shape index (κ2) is 6.02. The van der Waals surface area contributed by atoms with Crippen molar-refractivity contribution in [3.05, 3.63) is 60.2 Å². The highest BCUT2D eigenvalue weighted by Crippen LogP contribution is 2.29. The van der Waals surface area contributed by atoms with E-state index >= 15 is 0 Å². The van der Waals surface area contributed by atoms with E-state index in [-0.39, 0.29) is 6.42 Å². The number of para-hydroxylation sites is 2. The molecule has 0 fully saturated rings. The maximum atomic E-state index is 10.7. The molecule has 2 aromatic carbocycles. The Hall–Kier alpha value is -2.33. The van der Waals surface area contributed by atoms with Crippen molar-refractivity contribution in [2.45, 2.75) is 12.5 Å². The van der Waals surface area contributed by atoms with Gasteiger partial charge in [-0.15, -0.1) is 0 Å². The van der Waals surface area contributed by atoms with E-state index < -0.39 is 12.0 Å². The molecule has 0 amide bonds. The van der Waals surface area contributed by atoms with Crippen LogP contribution in [0.5, 0.6) is 11.5 Å². The summed E-state index contributed by atoms with van der Waals surface area (Å²) in [6.45, 7) is 0. The highest BCUT2D eigenvalue weighted by atomic mass is 16.5. The molecule has 3 N–H and O–H groups in total. The summed E-state index contributed by atoms with van der Waals surface area (Å²) in [6.07, 6.45) is -0.130. The summed E-state index contributed by atoms with van der Waals surface area (Å²) in [5.74, 6) is 0.349. The number of aliphatic carboxylic acids is 1. The van der Waals surface area contributed by atoms with Crippen LogP contribution in [0.2, 0.25) is 0 Å². The molecule has 0 saturated heterocycles. The van der Waals surface area contributed by atoms with Gasteiger partial charge in [0.05, 0.1) is 6.42 Å². The minimum Gasteiger partial charge on any atom is -0.481 e. The fraction of sp³-hybridized carbons (Fsp3) is 0.133. The first-order valence-electron chi connectivity index (χ1n) is 5.96. The molecular weight excluding hydrogens is 242 g/mol. The summed E-state index contributed by atoms with van der Waals surface area (Å²) in [5, 5.41) is 8.81. The molecule has 0 aliphatic heterocycles. The van der Waals surface area contributed by atoms with E-state index in [4.69, 9.17) is 15.6 Å². The number of carbonyl (C=O) groups is 1. The zero-order chi connectivity index (χ0) is 13.7. The van der Waals surface area contributed by atoms with E-state index in [0.29, 0.717) is 17.1 Å². The van der Waals surface area contributed by atoms with E-state index in [1.54, 1.807) is 12.1 Å². The summed E-state index contributed by atoms with van der Waals surface area (Å²) < 4.78 is 5.74. The van der Waals surface area contributed by atoms with Gasteiger partial charge in [-0.2, -0.15) is 0 Å². The number of hydrogen-bond acceptors (Lipinski definition) is 3. The predicted octanol–water partition coefficient (Wildman–Crippen LogP) is 2.95. The summed E-state index contributed by atoms with van der Waals surface area (Å²) in [7, 11) is 0. The van der Waals surface area contributed by atoms with Gasteiger partial charge in [-0.25, -0.2) is 0 Å². The number of carboxylic acids is 1. The molecule has 4 nitrogen and oxygen atoms in total. The SMILES string of the molecule is NC(CC(=O)O)c1ccccc1Oc1ccccc1. The van der Waals surface area contributed by atoms with E-state index in [0.717, 1.165) is 0 Å². The Morgan fingerprint density at radius 2 is 1.74 bits per heavy atom. The van der Waals surface area contributed by atoms with Crippen molar-refractivity contribution < 1.29 is 14.6 Å². The molecule has 4 heteroatoms. The monoisotopic (exact) mass is 257 g/mol. The number of hydrogen-bond donors (Lipinski definition) is 2. The van der Waals surface area contributed by atoms with Crippen LogP contribution >= 0.6 is 0 Å². The van der Waals surface area contributed by atoms with Crippen molar-refractivity contribution in [2.75, 3.05) is 0 Å². The predicted molar refractivity (Wildman–Crippen MR) is 72.1 cm³/mol. The normalized spacial score (nSPS) is 11.8. The van der Waals surface area contributed by atoms with Crippen LogP contribution in [0.15, 0.2) is 54.6 Å². The summed E-state index contributed by atoms with van der Waals surface area (Å²) in [5.41, 5.74) is 6.58. The van der Waals surface area contributed by atoms with Crippen molar-refractivity contribution in [1.29, 1.82) is 0 Å². The Kier molecular flexibility index (Phi) is 4.15. The van der Waals surface area contributed by atoms with Gasteiger partial charge in [0.2, 0.25) is 0 Å². The zero-order valence-electron chi connectivity index (χ0n) is 10.3. The third-order valence-electron chi connectivity index (χ3n) is 2.68. The number of benzene rings is 2. The maximum absolute atomic E-state index is 10.7. The molecule has 98 valence electrons. The van der Waals surface area contributed by atoms with Crippen LogP contribution in [0.4, 0.5) is 0 Å². The summed E-state index contributed by atoms with van der Waals surface area (Å²) in [4.78, 5) is 10.7. The molecular formula is C15H15NO3. The van der Waals surface area contributed by atoms with Crippen molar-refractivity contribution in [3.8, 4) is 11.5 Å². The molecule has 0 saturated carbocycles. The van der Waals surface area contributed by atoms with Crippen LogP contribution in [0.1, 0.15) is 18.0 Å². The number of nitrogens with two attached hydrogens (primary N) is 1. The standard InChI is InChI=1S/C15H15NO3/c16-13(10-15(17)18)12-8-4-5-9-14(12)19-11-6-2-1-3-7-11/h1-9,13H,10,16H2,(H,17,18). The summed E-state index contributed by atoms with van der Waals surface area (Å²) in [6, 6.07) is 15.9. The molecule has 2 aromatic rings. The first-order chi connectivity index (χ1) is 9.16. The van der Waals surface area contributed by atoms with Crippen LogP contribution in [0.25, 0.3) is 0 Å². The Labute approximate surface area is 111 Å². The first-order valence-corrected chi connectivity index (χ1v) is 5.96. The van der Waals surface area contributed by atoms with Gasteiger partial charge in [0, 0.05) is 11.6 Å². The van der Waals surface area contributed by atoms with Crippen molar-refractivity contribution in [1.82, 2.24) is 0 Å². The Balaban J connectivity index is 2.23. The van der Waals surface area contributed by atoms with Gasteiger partial charge in [-0.3, -0.25) is 4.79 Å². The Morgan fingerprint density at radius 3 is 2.42 bits per heavy atom. The average Bonchev–Trinajstić information content (AvgIpc) is 2.39. The van der Waals surface area contributed by atoms with Gasteiger partial charge < -0.3 is 15.6 Å². The Morgan fingerprint density at radius 1 is 1.11 bits per heavy atom. The molecule has 0 radical (unpaired) electrons. The third kappa shape index (κ3) is 3.56. The average molecular weight is 257 g/mol. The van der Waals surface area contributed by atoms with Gasteiger partial charge in [0.25, 0.3) is 0 Å². The number of ether oxygens (including phenoxy) is 1. The second-order valence-electron chi connectivity index (χ2n) is 4.16. The molecule has 0 bridgehead atoms. The van der Waals surface area contributed by atoms with E-state index in [1.807, 2.05) is 42.5 Å². The van der Waals surface area contributed by atoms with Crippen LogP contribution in [-0.4, -0.2) is 11.1 Å². The fourth-order valence-corrected chi connectivity index (χ4v) is 1.79. The van der Waals surface area contributed by atoms with Gasteiger partial charge >= 0.3 is 5.97 Å². The van der Waals surface area contributed by atoms with E-state index in [9.17, 15) is 4.79 Å². The number of carboxylic acid groups (broad SMARTS) is 1. The van der Waals surface area contributed by atoms with Gasteiger partial charge in [0.1, 0.15) is 11.5 Å². The highest BCUT2D eigenvalue weighted by molar-refractivity contribution is 5.68. The smallest absolute Gasteiger partial charge is 0.305 e. The molecule has 2 rings (SSSR count). The lowest BCUT2D eigenvalue weighted by Gasteiger charge is -2.15. The maximum Gasteiger partial charge on any atom is 0.305 e. The lowest BCUT2D eigenvalue weighted by molar-refractivity contribution is -0.137. The lowest BCUT2D eigenvalue weighted by atomic mass is 10.0. The van der Waals surface area contributed by atoms with Crippen molar-refractivity contribution >= 4 is 5.97 Å². The Bertz CT molecular complexity index is 554. The largest absolute Gasteiger partial charge is 0.481 e. The molecule has 19 heavy (non-hydrogen) atoms. The van der Waals surface area contributed by atoms with Crippen LogP contribution in [0, 0.1) is 0 Å². The third-order valence-corrected chi connectivity index (χ3v) is 2.68. The zero-order valence-corrected chi connectivity index (χ0v) is 10.3. The topological polar surface area (TPSA) is 72.6 Å². The van der Waals surface area contributed by atoms with Gasteiger partial charge in [-0.1, -0.05) is 36.4 Å². The van der Waals surface area contributed by atoms with E-state index in [1.165, 1.54) is 0 Å². The van der Waals surface area contributed by atoms with Crippen molar-refractivity contribution in [3.63, 3.8) is 0 Å². The second-order valence-corrected chi connectivity index (χ2v) is 4.16. The fourth-order valence-electron chi connectivity index (χ4n) is 1.79. The molecule has 0 aliphatic rings. The molecule has 0 spiro atoms. The first kappa shape index (κ1) is 13.1. The summed E-state index contributed by atoms with van der Waals surface area (Å²) >= 11 is 0. The molecule has 0 aliphatic carbocycles. The highest BCUT2D eigenvalue weighted by Gasteiger charge is 2.15. The van der Waals surface area contributed by atoms with Crippen LogP contribution in [0.3, 0.4) is 0 Å². The number of rotatable bonds is 5. The molecule has 0 aromatic heterocycles.